The molecule has 0 saturated heterocycles. The Kier molecular flexibility index (Phi) is 6.61. The Hall–Kier alpha value is -3.92. The normalized spacial score (nSPS) is 10.6. The number of aromatic nitrogens is 1. The molecule has 1 heterocycles. The molecule has 0 atom stereocenters. The molecular weight excluding hydrogens is 396 g/mol. The van der Waals surface area contributed by atoms with E-state index < -0.39 is 0 Å². The van der Waals surface area contributed by atoms with Crippen LogP contribution in [0.1, 0.15) is 27.0 Å². The third-order valence-electron chi connectivity index (χ3n) is 5.53. The van der Waals surface area contributed by atoms with Crippen molar-refractivity contribution in [3.63, 3.8) is 0 Å². The maximum Gasteiger partial charge on any atom is 0.338 e. The molecule has 0 N–H and O–H groups in total. The molecule has 1 aromatic heterocycles. The fourth-order valence-electron chi connectivity index (χ4n) is 3.88. The fraction of sp³-hybridized carbons (Fsp3) is 0.143. The first-order valence-electron chi connectivity index (χ1n) is 10.6. The molecule has 0 radical (unpaired) electrons. The Labute approximate surface area is 189 Å². The number of methoxy groups -OCH3 is 1. The molecule has 0 aliphatic carbocycles. The minimum absolute atomic E-state index is 0.330. The topological polar surface area (TPSA) is 42.4 Å². The molecule has 0 fully saturated rings. The van der Waals surface area contributed by atoms with Crippen LogP contribution in [0.4, 0.5) is 5.69 Å². The molecule has 0 spiro atoms. The molecule has 0 aliphatic rings. The third-order valence-corrected chi connectivity index (χ3v) is 5.53. The highest BCUT2D eigenvalue weighted by Crippen LogP contribution is 2.30. The number of esters is 1. The van der Waals surface area contributed by atoms with Crippen molar-refractivity contribution >= 4 is 11.7 Å². The maximum atomic E-state index is 12.5. The number of aryl methyl sites for hydroxylation is 1. The molecular formula is C28H26N2O2. The van der Waals surface area contributed by atoms with E-state index in [2.05, 4.69) is 59.3 Å². The van der Waals surface area contributed by atoms with Gasteiger partial charge in [0, 0.05) is 19.3 Å². The van der Waals surface area contributed by atoms with Gasteiger partial charge < -0.3 is 9.64 Å². The highest BCUT2D eigenvalue weighted by atomic mass is 16.5. The van der Waals surface area contributed by atoms with E-state index in [4.69, 9.17) is 4.74 Å². The van der Waals surface area contributed by atoms with Crippen molar-refractivity contribution < 1.29 is 9.53 Å². The Bertz CT molecular complexity index is 1190. The molecule has 4 nitrogen and oxygen atoms in total. The minimum Gasteiger partial charge on any atom is -0.465 e. The van der Waals surface area contributed by atoms with Crippen molar-refractivity contribution in [2.75, 3.05) is 12.0 Å². The summed E-state index contributed by atoms with van der Waals surface area (Å²) >= 11 is 0. The van der Waals surface area contributed by atoms with Gasteiger partial charge in [-0.1, -0.05) is 60.7 Å². The van der Waals surface area contributed by atoms with Gasteiger partial charge in [-0.05, 0) is 59.0 Å². The van der Waals surface area contributed by atoms with Crippen molar-refractivity contribution in [3.05, 3.63) is 120 Å². The molecule has 3 aromatic carbocycles. The van der Waals surface area contributed by atoms with E-state index in [1.54, 1.807) is 6.20 Å². The predicted octanol–water partition coefficient (Wildman–Crippen LogP) is 6.05. The average Bonchev–Trinajstić information content (AvgIpc) is 2.84. The van der Waals surface area contributed by atoms with Crippen LogP contribution >= 0.6 is 0 Å². The van der Waals surface area contributed by atoms with Crippen LogP contribution in [0.3, 0.4) is 0 Å². The smallest absolute Gasteiger partial charge is 0.338 e. The van der Waals surface area contributed by atoms with E-state index in [9.17, 15) is 4.79 Å². The summed E-state index contributed by atoms with van der Waals surface area (Å²) < 4.78 is 5.05. The van der Waals surface area contributed by atoms with Gasteiger partial charge >= 0.3 is 5.97 Å². The largest absolute Gasteiger partial charge is 0.465 e. The SMILES string of the molecule is COC(=O)c1ccc(CN(Cc2ccccc2)c2cccnc2)cc1-c1ccccc1C. The summed E-state index contributed by atoms with van der Waals surface area (Å²) in [5.41, 5.74) is 6.98. The second kappa shape index (κ2) is 9.92. The first kappa shape index (κ1) is 21.3. The lowest BCUT2D eigenvalue weighted by Gasteiger charge is -2.25. The number of benzene rings is 3. The molecule has 0 amide bonds. The van der Waals surface area contributed by atoms with E-state index >= 15 is 0 Å². The van der Waals surface area contributed by atoms with Gasteiger partial charge in [-0.3, -0.25) is 4.98 Å². The Morgan fingerprint density at radius 3 is 2.31 bits per heavy atom. The van der Waals surface area contributed by atoms with E-state index in [0.29, 0.717) is 12.1 Å². The van der Waals surface area contributed by atoms with Crippen LogP contribution in [-0.4, -0.2) is 18.1 Å². The number of rotatable bonds is 7. The number of carbonyl (C=O) groups is 1. The van der Waals surface area contributed by atoms with Crippen LogP contribution in [-0.2, 0) is 17.8 Å². The summed E-state index contributed by atoms with van der Waals surface area (Å²) in [6, 6.07) is 28.5. The first-order chi connectivity index (χ1) is 15.7. The molecule has 4 heteroatoms. The van der Waals surface area contributed by atoms with E-state index in [1.807, 2.05) is 48.7 Å². The Morgan fingerprint density at radius 1 is 0.844 bits per heavy atom. The number of nitrogens with zero attached hydrogens (tertiary/aromatic N) is 2. The Balaban J connectivity index is 1.73. The van der Waals surface area contributed by atoms with Gasteiger partial charge in [-0.2, -0.15) is 0 Å². The molecule has 160 valence electrons. The molecule has 4 aromatic rings. The number of carbonyl (C=O) groups excluding carboxylic acids is 1. The van der Waals surface area contributed by atoms with Gasteiger partial charge in [0.25, 0.3) is 0 Å². The number of hydrogen-bond acceptors (Lipinski definition) is 4. The van der Waals surface area contributed by atoms with Crippen molar-refractivity contribution in [1.82, 2.24) is 4.98 Å². The fourth-order valence-corrected chi connectivity index (χ4v) is 3.88. The minimum atomic E-state index is -0.330. The summed E-state index contributed by atoms with van der Waals surface area (Å²) in [6.07, 6.45) is 3.67. The molecule has 32 heavy (non-hydrogen) atoms. The summed E-state index contributed by atoms with van der Waals surface area (Å²) in [5, 5.41) is 0. The van der Waals surface area contributed by atoms with Crippen molar-refractivity contribution in [3.8, 4) is 11.1 Å². The standard InChI is InChI=1S/C28H26N2O2/c1-21-9-6-7-13-25(21)27-17-23(14-15-26(27)28(31)32-2)20-30(24-12-8-16-29-18-24)19-22-10-4-3-5-11-22/h3-18H,19-20H2,1-2H3. The average molecular weight is 423 g/mol. The van der Waals surface area contributed by atoms with Crippen LogP contribution in [0.25, 0.3) is 11.1 Å². The lowest BCUT2D eigenvalue weighted by atomic mass is 9.94. The zero-order valence-corrected chi connectivity index (χ0v) is 18.4. The number of pyridine rings is 1. The van der Waals surface area contributed by atoms with Crippen LogP contribution < -0.4 is 4.90 Å². The van der Waals surface area contributed by atoms with Gasteiger partial charge in [0.05, 0.1) is 24.6 Å². The number of hydrogen-bond donors (Lipinski definition) is 0. The third kappa shape index (κ3) is 4.86. The van der Waals surface area contributed by atoms with Crippen LogP contribution in [0.5, 0.6) is 0 Å². The van der Waals surface area contributed by atoms with Crippen LogP contribution in [0.15, 0.2) is 97.3 Å². The van der Waals surface area contributed by atoms with Gasteiger partial charge in [0.15, 0.2) is 0 Å². The van der Waals surface area contributed by atoms with Crippen molar-refractivity contribution in [2.45, 2.75) is 20.0 Å². The quantitative estimate of drug-likeness (QED) is 0.340. The molecule has 0 aliphatic heterocycles. The zero-order valence-electron chi connectivity index (χ0n) is 18.4. The van der Waals surface area contributed by atoms with Crippen molar-refractivity contribution in [2.24, 2.45) is 0 Å². The van der Waals surface area contributed by atoms with Crippen LogP contribution in [0, 0.1) is 6.92 Å². The zero-order chi connectivity index (χ0) is 22.3. The highest BCUT2D eigenvalue weighted by molar-refractivity contribution is 5.97. The summed E-state index contributed by atoms with van der Waals surface area (Å²) in [6.45, 7) is 3.49. The summed E-state index contributed by atoms with van der Waals surface area (Å²) in [4.78, 5) is 19.1. The number of ether oxygens (including phenoxy) is 1. The maximum absolute atomic E-state index is 12.5. The monoisotopic (exact) mass is 422 g/mol. The Morgan fingerprint density at radius 2 is 1.59 bits per heavy atom. The van der Waals surface area contributed by atoms with Gasteiger partial charge in [0.1, 0.15) is 0 Å². The highest BCUT2D eigenvalue weighted by Gasteiger charge is 2.17. The van der Waals surface area contributed by atoms with Gasteiger partial charge in [-0.25, -0.2) is 4.79 Å². The predicted molar refractivity (Wildman–Crippen MR) is 129 cm³/mol. The number of anilines is 1. The second-order valence-corrected chi connectivity index (χ2v) is 7.74. The molecule has 0 bridgehead atoms. The van der Waals surface area contributed by atoms with Crippen molar-refractivity contribution in [1.29, 1.82) is 0 Å². The molecule has 0 unspecified atom stereocenters. The lowest BCUT2D eigenvalue weighted by molar-refractivity contribution is 0.0601. The second-order valence-electron chi connectivity index (χ2n) is 7.74. The van der Waals surface area contributed by atoms with Crippen LogP contribution in [0.2, 0.25) is 0 Å². The van der Waals surface area contributed by atoms with E-state index in [0.717, 1.165) is 34.5 Å². The summed E-state index contributed by atoms with van der Waals surface area (Å²) in [7, 11) is 1.42. The lowest BCUT2D eigenvalue weighted by Crippen LogP contribution is -2.22. The first-order valence-corrected chi connectivity index (χ1v) is 10.6. The molecule has 4 rings (SSSR count). The summed E-state index contributed by atoms with van der Waals surface area (Å²) in [5.74, 6) is -0.330. The van der Waals surface area contributed by atoms with E-state index in [-0.39, 0.29) is 5.97 Å². The molecule has 0 saturated carbocycles. The van der Waals surface area contributed by atoms with Gasteiger partial charge in [-0.15, -0.1) is 0 Å². The van der Waals surface area contributed by atoms with E-state index in [1.165, 1.54) is 12.7 Å². The van der Waals surface area contributed by atoms with Gasteiger partial charge in [0.2, 0.25) is 0 Å².